The van der Waals surface area contributed by atoms with Gasteiger partial charge >= 0.3 is 0 Å². The lowest BCUT2D eigenvalue weighted by Gasteiger charge is -2.32. The monoisotopic (exact) mass is 274 g/mol. The second-order valence-electron chi connectivity index (χ2n) is 6.18. The molecule has 2 aliphatic rings. The van der Waals surface area contributed by atoms with E-state index in [9.17, 15) is 0 Å². The van der Waals surface area contributed by atoms with Crippen molar-refractivity contribution in [1.82, 2.24) is 10.2 Å². The highest BCUT2D eigenvalue weighted by molar-refractivity contribution is 5.36. The third-order valence-electron chi connectivity index (χ3n) is 4.88. The van der Waals surface area contributed by atoms with Crippen molar-refractivity contribution < 1.29 is 4.74 Å². The number of fused-ring (bicyclic) bond motifs is 1. The largest absolute Gasteiger partial charge is 0.496 e. The summed E-state index contributed by atoms with van der Waals surface area (Å²) in [5, 5.41) is 3.78. The molecule has 3 nitrogen and oxygen atoms in total. The number of aryl methyl sites for hydroxylation is 1. The van der Waals surface area contributed by atoms with Gasteiger partial charge in [-0.2, -0.15) is 0 Å². The van der Waals surface area contributed by atoms with Crippen LogP contribution in [0.1, 0.15) is 36.8 Å². The lowest BCUT2D eigenvalue weighted by molar-refractivity contribution is 0.180. The predicted molar refractivity (Wildman–Crippen MR) is 82.2 cm³/mol. The van der Waals surface area contributed by atoms with E-state index in [1.807, 2.05) is 0 Å². The van der Waals surface area contributed by atoms with Crippen LogP contribution in [0.4, 0.5) is 0 Å². The molecule has 2 aliphatic heterocycles. The summed E-state index contributed by atoms with van der Waals surface area (Å²) in [4.78, 5) is 2.68. The van der Waals surface area contributed by atoms with E-state index < -0.39 is 0 Å². The van der Waals surface area contributed by atoms with E-state index in [0.29, 0.717) is 6.04 Å². The fourth-order valence-electron chi connectivity index (χ4n) is 3.78. The maximum absolute atomic E-state index is 5.32. The minimum absolute atomic E-state index is 0.678. The van der Waals surface area contributed by atoms with E-state index in [2.05, 4.69) is 35.3 Å². The van der Waals surface area contributed by atoms with Crippen molar-refractivity contribution in [2.45, 2.75) is 51.2 Å². The van der Waals surface area contributed by atoms with Crippen molar-refractivity contribution in [3.63, 3.8) is 0 Å². The first-order chi connectivity index (χ1) is 9.78. The van der Waals surface area contributed by atoms with Crippen LogP contribution >= 0.6 is 0 Å². The normalized spacial score (nSPS) is 26.5. The van der Waals surface area contributed by atoms with Crippen LogP contribution in [0.3, 0.4) is 0 Å². The summed E-state index contributed by atoms with van der Waals surface area (Å²) in [6.45, 7) is 5.68. The van der Waals surface area contributed by atoms with Gasteiger partial charge in [0.2, 0.25) is 0 Å². The molecule has 110 valence electrons. The van der Waals surface area contributed by atoms with Gasteiger partial charge in [-0.3, -0.25) is 4.90 Å². The molecule has 3 heteroatoms. The molecule has 0 radical (unpaired) electrons. The summed E-state index contributed by atoms with van der Waals surface area (Å²) in [5.41, 5.74) is 2.58. The summed E-state index contributed by atoms with van der Waals surface area (Å²) < 4.78 is 5.32. The Labute approximate surface area is 122 Å². The van der Waals surface area contributed by atoms with Crippen LogP contribution in [-0.2, 0) is 6.54 Å². The summed E-state index contributed by atoms with van der Waals surface area (Å²) in [6, 6.07) is 7.94. The first-order valence-electron chi connectivity index (χ1n) is 7.89. The Balaban J connectivity index is 1.58. The Morgan fingerprint density at radius 1 is 1.25 bits per heavy atom. The second kappa shape index (κ2) is 6.15. The van der Waals surface area contributed by atoms with E-state index in [1.54, 1.807) is 7.11 Å². The number of rotatable bonds is 4. The molecule has 1 aromatic carbocycles. The summed E-state index contributed by atoms with van der Waals surface area (Å²) >= 11 is 0. The first-order valence-corrected chi connectivity index (χ1v) is 7.89. The lowest BCUT2D eigenvalue weighted by Crippen LogP contribution is -2.44. The molecule has 20 heavy (non-hydrogen) atoms. The van der Waals surface area contributed by atoms with E-state index in [-0.39, 0.29) is 0 Å². The first kappa shape index (κ1) is 13.9. The zero-order chi connectivity index (χ0) is 13.9. The molecule has 2 atom stereocenters. The molecular formula is C17H26N2O. The van der Waals surface area contributed by atoms with Crippen LogP contribution in [0.5, 0.6) is 5.75 Å². The second-order valence-corrected chi connectivity index (χ2v) is 6.18. The molecule has 2 saturated heterocycles. The molecule has 0 saturated carbocycles. The Bertz CT molecular complexity index is 460. The zero-order valence-corrected chi connectivity index (χ0v) is 12.7. The van der Waals surface area contributed by atoms with Gasteiger partial charge in [-0.25, -0.2) is 0 Å². The summed E-state index contributed by atoms with van der Waals surface area (Å²) in [6.07, 6.45) is 5.47. The van der Waals surface area contributed by atoms with Crippen molar-refractivity contribution in [3.8, 4) is 5.75 Å². The Kier molecular flexibility index (Phi) is 4.27. The topological polar surface area (TPSA) is 24.5 Å². The number of ether oxygens (including phenoxy) is 1. The predicted octanol–water partition coefficient (Wildman–Crippen LogP) is 2.72. The van der Waals surface area contributed by atoms with Crippen molar-refractivity contribution in [1.29, 1.82) is 0 Å². The third kappa shape index (κ3) is 2.84. The summed E-state index contributed by atoms with van der Waals surface area (Å²) in [5.74, 6) is 0.980. The highest BCUT2D eigenvalue weighted by atomic mass is 16.5. The fraction of sp³-hybridized carbons (Fsp3) is 0.647. The van der Waals surface area contributed by atoms with Crippen LogP contribution < -0.4 is 10.1 Å². The lowest BCUT2D eigenvalue weighted by atomic mass is 9.99. The molecule has 0 aliphatic carbocycles. The van der Waals surface area contributed by atoms with Gasteiger partial charge in [0, 0.05) is 25.2 Å². The molecule has 0 aromatic heterocycles. The van der Waals surface area contributed by atoms with Gasteiger partial charge in [-0.1, -0.05) is 18.6 Å². The molecule has 2 unspecified atom stereocenters. The number of nitrogens with zero attached hydrogens (tertiary/aromatic N) is 1. The smallest absolute Gasteiger partial charge is 0.121 e. The van der Waals surface area contributed by atoms with Gasteiger partial charge in [0.1, 0.15) is 5.75 Å². The van der Waals surface area contributed by atoms with Gasteiger partial charge in [-0.15, -0.1) is 0 Å². The Morgan fingerprint density at radius 3 is 2.95 bits per heavy atom. The van der Waals surface area contributed by atoms with Crippen LogP contribution in [0.2, 0.25) is 0 Å². The number of nitrogens with one attached hydrogen (secondary N) is 1. The van der Waals surface area contributed by atoms with Crippen LogP contribution in [-0.4, -0.2) is 37.2 Å². The molecule has 0 bridgehead atoms. The van der Waals surface area contributed by atoms with E-state index in [4.69, 9.17) is 4.74 Å². The molecule has 0 spiro atoms. The minimum atomic E-state index is 0.678. The summed E-state index contributed by atoms with van der Waals surface area (Å²) in [7, 11) is 1.73. The van der Waals surface area contributed by atoms with Crippen molar-refractivity contribution in [2.24, 2.45) is 0 Å². The number of benzene rings is 1. The van der Waals surface area contributed by atoms with Gasteiger partial charge in [0.15, 0.2) is 0 Å². The third-order valence-corrected chi connectivity index (χ3v) is 4.88. The zero-order valence-electron chi connectivity index (χ0n) is 12.7. The molecule has 2 heterocycles. The highest BCUT2D eigenvalue weighted by Crippen LogP contribution is 2.27. The van der Waals surface area contributed by atoms with Crippen LogP contribution in [0.15, 0.2) is 18.2 Å². The molecule has 1 N–H and O–H groups in total. The van der Waals surface area contributed by atoms with Gasteiger partial charge in [-0.05, 0) is 49.9 Å². The maximum atomic E-state index is 5.32. The Hall–Kier alpha value is -1.06. The van der Waals surface area contributed by atoms with Crippen molar-refractivity contribution in [3.05, 3.63) is 29.3 Å². The number of piperidine rings is 1. The van der Waals surface area contributed by atoms with E-state index in [0.717, 1.165) is 18.3 Å². The fourth-order valence-corrected chi connectivity index (χ4v) is 3.78. The average Bonchev–Trinajstić information content (AvgIpc) is 2.88. The molecule has 2 fully saturated rings. The Morgan fingerprint density at radius 2 is 2.15 bits per heavy atom. The van der Waals surface area contributed by atoms with Crippen LogP contribution in [0.25, 0.3) is 0 Å². The van der Waals surface area contributed by atoms with Gasteiger partial charge < -0.3 is 10.1 Å². The van der Waals surface area contributed by atoms with Crippen molar-refractivity contribution in [2.75, 3.05) is 20.2 Å². The minimum Gasteiger partial charge on any atom is -0.496 e. The van der Waals surface area contributed by atoms with E-state index >= 15 is 0 Å². The average molecular weight is 274 g/mol. The molecule has 3 rings (SSSR count). The maximum Gasteiger partial charge on any atom is 0.121 e. The number of methoxy groups -OCH3 is 1. The van der Waals surface area contributed by atoms with Gasteiger partial charge in [0.25, 0.3) is 0 Å². The SMILES string of the molecule is COc1ccc(CNC2CCN3CCCCC23)cc1C. The van der Waals surface area contributed by atoms with E-state index in [1.165, 1.54) is 49.9 Å². The quantitative estimate of drug-likeness (QED) is 0.913. The highest BCUT2D eigenvalue weighted by Gasteiger charge is 2.34. The molecule has 0 amide bonds. The van der Waals surface area contributed by atoms with Crippen LogP contribution in [0, 0.1) is 6.92 Å². The molecular weight excluding hydrogens is 248 g/mol. The number of hydrogen-bond donors (Lipinski definition) is 1. The molecule has 1 aromatic rings. The standard InChI is InChI=1S/C17H26N2O/c1-13-11-14(6-7-17(13)20-2)12-18-15-8-10-19-9-4-3-5-16(15)19/h6-7,11,15-16,18H,3-5,8-10,12H2,1-2H3. The number of hydrogen-bond acceptors (Lipinski definition) is 3. The van der Waals surface area contributed by atoms with Gasteiger partial charge in [0.05, 0.1) is 7.11 Å². The van der Waals surface area contributed by atoms with Crippen molar-refractivity contribution >= 4 is 0 Å².